The molecule has 5 heteroatoms. The summed E-state index contributed by atoms with van der Waals surface area (Å²) in [6.45, 7) is 3.34. The zero-order valence-corrected chi connectivity index (χ0v) is 12.1. The number of hydrogen-bond acceptors (Lipinski definition) is 4. The molecule has 0 fully saturated rings. The smallest absolute Gasteiger partial charge is 0.389 e. The summed E-state index contributed by atoms with van der Waals surface area (Å²) < 4.78 is 16.0. The fraction of sp³-hybridized carbons (Fsp3) is 0.538. The van der Waals surface area contributed by atoms with Gasteiger partial charge in [0.25, 0.3) is 0 Å². The third kappa shape index (κ3) is 5.75. The van der Waals surface area contributed by atoms with E-state index < -0.39 is 8.80 Å². The van der Waals surface area contributed by atoms with Gasteiger partial charge in [0.15, 0.2) is 0 Å². The van der Waals surface area contributed by atoms with E-state index in [0.29, 0.717) is 25.9 Å². The van der Waals surface area contributed by atoms with Gasteiger partial charge < -0.3 is 18.4 Å². The van der Waals surface area contributed by atoms with Crippen molar-refractivity contribution in [2.24, 2.45) is 0 Å². The molecule has 0 heterocycles. The number of rotatable bonds is 9. The molecule has 1 unspecified atom stereocenters. The molecule has 0 radical (unpaired) electrons. The Morgan fingerprint density at radius 1 is 1.06 bits per heavy atom. The lowest BCUT2D eigenvalue weighted by Crippen LogP contribution is -2.46. The summed E-state index contributed by atoms with van der Waals surface area (Å²) in [4.78, 5) is 10.5. The van der Waals surface area contributed by atoms with E-state index in [1.165, 1.54) is 0 Å². The van der Waals surface area contributed by atoms with Gasteiger partial charge in [0.05, 0.1) is 13.2 Å². The van der Waals surface area contributed by atoms with Gasteiger partial charge in [-0.2, -0.15) is 0 Å². The van der Waals surface area contributed by atoms with Crippen LogP contribution in [0.2, 0.25) is 0 Å². The Bertz CT molecular complexity index is 320. The first-order valence-electron chi connectivity index (χ1n) is 6.23. The highest BCUT2D eigenvalue weighted by Gasteiger charge is 2.37. The van der Waals surface area contributed by atoms with E-state index in [1.807, 2.05) is 37.3 Å². The summed E-state index contributed by atoms with van der Waals surface area (Å²) in [5.41, 5.74) is 1.03. The first kappa shape index (κ1) is 15.3. The van der Waals surface area contributed by atoms with Crippen LogP contribution < -0.4 is 0 Å². The third-order valence-corrected chi connectivity index (χ3v) is 4.58. The lowest BCUT2D eigenvalue weighted by molar-refractivity contribution is 0.0654. The average molecular weight is 270 g/mol. The molecule has 1 rings (SSSR count). The van der Waals surface area contributed by atoms with Crippen molar-refractivity contribution < 1.29 is 18.4 Å². The second-order valence-electron chi connectivity index (χ2n) is 4.06. The van der Waals surface area contributed by atoms with Crippen molar-refractivity contribution in [2.75, 3.05) is 26.9 Å². The minimum Gasteiger partial charge on any atom is -0.389 e. The molecule has 18 heavy (non-hydrogen) atoms. The van der Waals surface area contributed by atoms with Gasteiger partial charge in [0.1, 0.15) is 0 Å². The molecule has 0 aliphatic carbocycles. The van der Waals surface area contributed by atoms with Crippen molar-refractivity contribution >= 4 is 8.80 Å². The monoisotopic (exact) mass is 270 g/mol. The van der Waals surface area contributed by atoms with E-state index in [4.69, 9.17) is 13.6 Å². The van der Waals surface area contributed by atoms with Gasteiger partial charge in [0.2, 0.25) is 0 Å². The predicted octanol–water partition coefficient (Wildman–Crippen LogP) is 1.79. The Balaban J connectivity index is 2.58. The van der Waals surface area contributed by atoms with Gasteiger partial charge in [-0.25, -0.2) is 0 Å². The van der Waals surface area contributed by atoms with Crippen LogP contribution in [0.1, 0.15) is 18.9 Å². The molecule has 0 amide bonds. The first-order chi connectivity index (χ1) is 8.70. The van der Waals surface area contributed by atoms with E-state index >= 15 is 0 Å². The predicted molar refractivity (Wildman–Crippen MR) is 72.2 cm³/mol. The lowest BCUT2D eigenvalue weighted by atomic mass is 10.2. The maximum Gasteiger partial charge on any atom is 0.502 e. The Morgan fingerprint density at radius 3 is 2.33 bits per heavy atom. The molecule has 1 aromatic rings. The van der Waals surface area contributed by atoms with Crippen LogP contribution in [-0.2, 0) is 19.6 Å². The fourth-order valence-electron chi connectivity index (χ4n) is 1.54. The van der Waals surface area contributed by atoms with Crippen LogP contribution in [0, 0.1) is 0 Å². The minimum absolute atomic E-state index is 0.357. The second kappa shape index (κ2) is 8.39. The topological polar surface area (TPSA) is 47.9 Å². The molecule has 0 aromatic heterocycles. The maximum absolute atomic E-state index is 10.5. The maximum atomic E-state index is 10.5. The highest BCUT2D eigenvalue weighted by Crippen LogP contribution is 2.13. The molecule has 0 saturated carbocycles. The number of ether oxygens (including phenoxy) is 1. The van der Waals surface area contributed by atoms with Gasteiger partial charge in [-0.1, -0.05) is 37.3 Å². The summed E-state index contributed by atoms with van der Waals surface area (Å²) in [6.07, 6.45) is 0.859. The molecular weight excluding hydrogens is 248 g/mol. The Labute approximate surface area is 110 Å². The molecule has 4 nitrogen and oxygen atoms in total. The average Bonchev–Trinajstić information content (AvgIpc) is 2.38. The molecule has 1 N–H and O–H groups in total. The molecule has 0 saturated heterocycles. The zero-order valence-electron chi connectivity index (χ0n) is 11.1. The van der Waals surface area contributed by atoms with Gasteiger partial charge in [-0.3, -0.25) is 0 Å². The molecule has 1 aromatic carbocycles. The Kier molecular flexibility index (Phi) is 7.15. The van der Waals surface area contributed by atoms with Gasteiger partial charge in [-0.05, 0) is 12.0 Å². The zero-order chi connectivity index (χ0) is 13.3. The van der Waals surface area contributed by atoms with Crippen LogP contribution in [0.5, 0.6) is 0 Å². The molecular formula is C13H22O4Si. The highest BCUT2D eigenvalue weighted by atomic mass is 28.4. The van der Waals surface area contributed by atoms with Crippen LogP contribution in [0.15, 0.2) is 30.3 Å². The third-order valence-electron chi connectivity index (χ3n) is 2.42. The standard InChI is InChI=1S/C13H22O4Si/c1-3-9-16-18(14,17-11-10-15-2)12-13-7-5-4-6-8-13/h4-8,14H,3,9-12H2,1-2H3. The summed E-state index contributed by atoms with van der Waals surface area (Å²) >= 11 is 0. The molecule has 102 valence electrons. The van der Waals surface area contributed by atoms with Crippen molar-refractivity contribution in [1.82, 2.24) is 0 Å². The van der Waals surface area contributed by atoms with Gasteiger partial charge in [0, 0.05) is 19.8 Å². The number of benzene rings is 1. The number of methoxy groups -OCH3 is 1. The van der Waals surface area contributed by atoms with Crippen molar-refractivity contribution in [2.45, 2.75) is 19.4 Å². The van der Waals surface area contributed by atoms with Crippen LogP contribution in [0.25, 0.3) is 0 Å². The summed E-state index contributed by atoms with van der Waals surface area (Å²) in [5.74, 6) is 0. The summed E-state index contributed by atoms with van der Waals surface area (Å²) in [7, 11) is -1.52. The lowest BCUT2D eigenvalue weighted by Gasteiger charge is -2.24. The van der Waals surface area contributed by atoms with E-state index in [0.717, 1.165) is 12.0 Å². The first-order valence-corrected chi connectivity index (χ1v) is 8.20. The Morgan fingerprint density at radius 2 is 1.72 bits per heavy atom. The highest BCUT2D eigenvalue weighted by molar-refractivity contribution is 6.58. The quantitative estimate of drug-likeness (QED) is 0.549. The molecule has 0 spiro atoms. The van der Waals surface area contributed by atoms with E-state index in [2.05, 4.69) is 0 Å². The fourth-order valence-corrected chi connectivity index (χ4v) is 3.51. The van der Waals surface area contributed by atoms with Gasteiger partial charge >= 0.3 is 8.80 Å². The van der Waals surface area contributed by atoms with Crippen LogP contribution in [-0.4, -0.2) is 40.5 Å². The van der Waals surface area contributed by atoms with E-state index in [1.54, 1.807) is 7.11 Å². The molecule has 0 aliphatic heterocycles. The summed E-state index contributed by atoms with van der Waals surface area (Å²) in [6, 6.07) is 10.2. The largest absolute Gasteiger partial charge is 0.502 e. The van der Waals surface area contributed by atoms with E-state index in [9.17, 15) is 4.80 Å². The van der Waals surface area contributed by atoms with Crippen molar-refractivity contribution in [3.63, 3.8) is 0 Å². The van der Waals surface area contributed by atoms with Crippen molar-refractivity contribution in [3.8, 4) is 0 Å². The SMILES string of the molecule is CCCO[Si](O)(Cc1ccccc1)OCCOC. The normalized spacial score (nSPS) is 14.4. The number of hydrogen-bond donors (Lipinski definition) is 1. The minimum atomic E-state index is -3.13. The van der Waals surface area contributed by atoms with Crippen LogP contribution >= 0.6 is 0 Å². The van der Waals surface area contributed by atoms with E-state index in [-0.39, 0.29) is 0 Å². The van der Waals surface area contributed by atoms with Crippen molar-refractivity contribution in [3.05, 3.63) is 35.9 Å². The van der Waals surface area contributed by atoms with Crippen molar-refractivity contribution in [1.29, 1.82) is 0 Å². The molecule has 1 atom stereocenters. The molecule has 0 aliphatic rings. The van der Waals surface area contributed by atoms with Gasteiger partial charge in [-0.15, -0.1) is 0 Å². The van der Waals surface area contributed by atoms with Crippen LogP contribution in [0.4, 0.5) is 0 Å². The Hall–Kier alpha value is -0.723. The summed E-state index contributed by atoms with van der Waals surface area (Å²) in [5, 5.41) is 0. The second-order valence-corrected chi connectivity index (χ2v) is 6.42. The molecule has 0 bridgehead atoms. The van der Waals surface area contributed by atoms with Crippen LogP contribution in [0.3, 0.4) is 0 Å².